The van der Waals surface area contributed by atoms with Crippen LogP contribution in [0.4, 0.5) is 0 Å². The number of nitrogens with zero attached hydrogens (tertiary/aromatic N) is 1. The molecule has 286 valence electrons. The molecule has 11 heteroatoms. The van der Waals surface area contributed by atoms with Crippen molar-refractivity contribution in [2.75, 3.05) is 13.1 Å². The number of ether oxygens (including phenoxy) is 3. The molecule has 3 aromatic carbocycles. The Morgan fingerprint density at radius 1 is 0.849 bits per heavy atom. The molecule has 0 aromatic heterocycles. The molecule has 0 bridgehead atoms. The molecule has 2 aliphatic rings. The van der Waals surface area contributed by atoms with E-state index in [0.717, 1.165) is 72.0 Å². The number of benzene rings is 3. The standard InChI is InChI=1S/C42H55N3O8/c1-42(2,3)53-40(49)36-15-10-22-45(36)27-35-25-37(31-20-18-29(28-46)19-21-31)52-41(51-35)34-14-9-13-33(24-34)32-12-8-11-30(23-32)26-43-38(47)16-6-4-5-7-17-39(48)44-50/h8-9,11-14,18-21,23-24,35-37,41,46,50H,4-7,10,15-17,22,25-28H2,1-3H3,(H,43,47)(H,44,48). The maximum atomic E-state index is 13.1. The van der Waals surface area contributed by atoms with E-state index in [1.54, 1.807) is 5.48 Å². The van der Waals surface area contributed by atoms with Crippen LogP contribution in [0.25, 0.3) is 11.1 Å². The molecular weight excluding hydrogens is 674 g/mol. The third-order valence-corrected chi connectivity index (χ3v) is 9.69. The second-order valence-corrected chi connectivity index (χ2v) is 15.1. The number of likely N-dealkylation sites (tertiary alicyclic amines) is 1. The molecule has 2 aliphatic heterocycles. The van der Waals surface area contributed by atoms with Crippen LogP contribution in [0.15, 0.2) is 72.8 Å². The van der Waals surface area contributed by atoms with Crippen molar-refractivity contribution in [2.24, 2.45) is 0 Å². The van der Waals surface area contributed by atoms with Gasteiger partial charge in [-0.05, 0) is 92.9 Å². The Morgan fingerprint density at radius 3 is 2.25 bits per heavy atom. The third kappa shape index (κ3) is 12.2. The first-order chi connectivity index (χ1) is 25.5. The average molecular weight is 730 g/mol. The van der Waals surface area contributed by atoms with E-state index >= 15 is 0 Å². The average Bonchev–Trinajstić information content (AvgIpc) is 3.63. The summed E-state index contributed by atoms with van der Waals surface area (Å²) < 4.78 is 19.1. The number of aliphatic hydroxyl groups is 1. The van der Waals surface area contributed by atoms with Crippen molar-refractivity contribution in [3.63, 3.8) is 0 Å². The molecule has 4 N–H and O–H groups in total. The molecule has 0 aliphatic carbocycles. The Morgan fingerprint density at radius 2 is 1.55 bits per heavy atom. The summed E-state index contributed by atoms with van der Waals surface area (Å²) in [5, 5.41) is 21.2. The van der Waals surface area contributed by atoms with E-state index in [0.29, 0.717) is 32.4 Å². The van der Waals surface area contributed by atoms with E-state index < -0.39 is 11.9 Å². The van der Waals surface area contributed by atoms with Crippen LogP contribution in [0.2, 0.25) is 0 Å². The van der Waals surface area contributed by atoms with Crippen LogP contribution < -0.4 is 10.8 Å². The first-order valence-electron chi connectivity index (χ1n) is 18.9. The van der Waals surface area contributed by atoms with Gasteiger partial charge in [-0.1, -0.05) is 73.5 Å². The van der Waals surface area contributed by atoms with Gasteiger partial charge in [0.2, 0.25) is 11.8 Å². The highest BCUT2D eigenvalue weighted by molar-refractivity contribution is 5.77. The predicted molar refractivity (Wildman–Crippen MR) is 200 cm³/mol. The third-order valence-electron chi connectivity index (χ3n) is 9.69. The van der Waals surface area contributed by atoms with Crippen molar-refractivity contribution >= 4 is 17.8 Å². The fourth-order valence-electron chi connectivity index (χ4n) is 6.97. The SMILES string of the molecule is CC(C)(C)OC(=O)C1CCCN1CC1CC(c2ccc(CO)cc2)OC(c2cccc(-c3cccc(CNC(=O)CCCCCCC(=O)NO)c3)c2)O1. The van der Waals surface area contributed by atoms with Crippen molar-refractivity contribution in [3.8, 4) is 11.1 Å². The van der Waals surface area contributed by atoms with E-state index in [1.807, 2.05) is 81.4 Å². The normalized spacial score (nSPS) is 20.5. The molecule has 0 radical (unpaired) electrons. The fraction of sp³-hybridized carbons (Fsp3) is 0.500. The Balaban J connectivity index is 1.25. The summed E-state index contributed by atoms with van der Waals surface area (Å²) in [7, 11) is 0. The molecule has 2 amide bonds. The van der Waals surface area contributed by atoms with Crippen molar-refractivity contribution in [1.82, 2.24) is 15.7 Å². The van der Waals surface area contributed by atoms with Crippen LogP contribution in [0, 0.1) is 0 Å². The maximum absolute atomic E-state index is 13.1. The van der Waals surface area contributed by atoms with Gasteiger partial charge in [0.15, 0.2) is 6.29 Å². The maximum Gasteiger partial charge on any atom is 0.323 e. The molecular formula is C42H55N3O8. The Labute approximate surface area is 313 Å². The fourth-order valence-corrected chi connectivity index (χ4v) is 6.97. The Hall–Kier alpha value is -4.13. The van der Waals surface area contributed by atoms with Crippen molar-refractivity contribution in [1.29, 1.82) is 0 Å². The zero-order valence-corrected chi connectivity index (χ0v) is 31.2. The van der Waals surface area contributed by atoms with Gasteiger partial charge in [0.1, 0.15) is 11.6 Å². The number of unbranched alkanes of at least 4 members (excludes halogenated alkanes) is 3. The second-order valence-electron chi connectivity index (χ2n) is 15.1. The number of carbonyl (C=O) groups is 3. The van der Waals surface area contributed by atoms with Crippen molar-refractivity contribution in [2.45, 2.75) is 122 Å². The van der Waals surface area contributed by atoms with E-state index in [-0.39, 0.29) is 49.1 Å². The van der Waals surface area contributed by atoms with Crippen LogP contribution in [-0.4, -0.2) is 63.8 Å². The van der Waals surface area contributed by atoms with Crippen molar-refractivity contribution in [3.05, 3.63) is 95.1 Å². The molecule has 2 saturated heterocycles. The van der Waals surface area contributed by atoms with Gasteiger partial charge in [-0.15, -0.1) is 0 Å². The first-order valence-corrected chi connectivity index (χ1v) is 18.9. The lowest BCUT2D eigenvalue weighted by atomic mass is 9.98. The summed E-state index contributed by atoms with van der Waals surface area (Å²) in [6.07, 6.45) is 4.97. The van der Waals surface area contributed by atoms with Crippen LogP contribution >= 0.6 is 0 Å². The molecule has 3 aromatic rings. The number of nitrogens with one attached hydrogen (secondary N) is 2. The highest BCUT2D eigenvalue weighted by Gasteiger charge is 2.39. The lowest BCUT2D eigenvalue weighted by Crippen LogP contribution is -2.45. The van der Waals surface area contributed by atoms with Gasteiger partial charge in [0.25, 0.3) is 0 Å². The molecule has 0 saturated carbocycles. The number of amides is 2. The quantitative estimate of drug-likeness (QED) is 0.0550. The van der Waals surface area contributed by atoms with Crippen molar-refractivity contribution < 1.29 is 38.9 Å². The first kappa shape index (κ1) is 40.1. The lowest BCUT2D eigenvalue weighted by molar-refractivity contribution is -0.253. The number of hydrogen-bond acceptors (Lipinski definition) is 9. The van der Waals surface area contributed by atoms with Gasteiger partial charge in [0.05, 0.1) is 18.8 Å². The van der Waals surface area contributed by atoms with Crippen LogP contribution in [0.1, 0.15) is 113 Å². The Bertz CT molecular complexity index is 1660. The molecule has 2 heterocycles. The number of rotatable bonds is 16. The van der Waals surface area contributed by atoms with Gasteiger partial charge in [-0.2, -0.15) is 0 Å². The van der Waals surface area contributed by atoms with Gasteiger partial charge in [-0.25, -0.2) is 5.48 Å². The van der Waals surface area contributed by atoms with Gasteiger partial charge >= 0.3 is 5.97 Å². The molecule has 4 unspecified atom stereocenters. The largest absolute Gasteiger partial charge is 0.459 e. The number of hydrogen-bond donors (Lipinski definition) is 4. The van der Waals surface area contributed by atoms with Crippen LogP contribution in [0.3, 0.4) is 0 Å². The minimum atomic E-state index is -0.645. The number of hydroxylamine groups is 1. The Kier molecular flexibility index (Phi) is 14.6. The van der Waals surface area contributed by atoms with Crippen LogP contribution in [-0.2, 0) is 41.7 Å². The topological polar surface area (TPSA) is 147 Å². The lowest BCUT2D eigenvalue weighted by Gasteiger charge is -2.38. The monoisotopic (exact) mass is 729 g/mol. The molecule has 11 nitrogen and oxygen atoms in total. The highest BCUT2D eigenvalue weighted by atomic mass is 16.7. The number of aliphatic hydroxyl groups excluding tert-OH is 1. The smallest absolute Gasteiger partial charge is 0.323 e. The summed E-state index contributed by atoms with van der Waals surface area (Å²) in [6, 6.07) is 23.8. The molecule has 2 fully saturated rings. The zero-order valence-electron chi connectivity index (χ0n) is 31.2. The highest BCUT2D eigenvalue weighted by Crippen LogP contribution is 2.39. The summed E-state index contributed by atoms with van der Waals surface area (Å²) in [5.41, 5.74) is 6.78. The van der Waals surface area contributed by atoms with E-state index in [2.05, 4.69) is 22.3 Å². The second kappa shape index (κ2) is 19.3. The summed E-state index contributed by atoms with van der Waals surface area (Å²) in [6.45, 7) is 7.44. The van der Waals surface area contributed by atoms with Gasteiger partial charge in [-0.3, -0.25) is 24.5 Å². The molecule has 5 rings (SSSR count). The minimum absolute atomic E-state index is 0.0152. The molecule has 4 atom stereocenters. The van der Waals surface area contributed by atoms with Crippen LogP contribution in [0.5, 0.6) is 0 Å². The molecule has 53 heavy (non-hydrogen) atoms. The van der Waals surface area contributed by atoms with E-state index in [9.17, 15) is 19.5 Å². The summed E-state index contributed by atoms with van der Waals surface area (Å²) in [4.78, 5) is 38.9. The summed E-state index contributed by atoms with van der Waals surface area (Å²) in [5.74, 6) is -0.595. The van der Waals surface area contributed by atoms with E-state index in [1.165, 1.54) is 0 Å². The van der Waals surface area contributed by atoms with E-state index in [4.69, 9.17) is 19.4 Å². The number of carbonyl (C=O) groups excluding carboxylic acids is 3. The van der Waals surface area contributed by atoms with Gasteiger partial charge in [0, 0.05) is 37.9 Å². The van der Waals surface area contributed by atoms with Gasteiger partial charge < -0.3 is 24.6 Å². The number of esters is 1. The predicted octanol–water partition coefficient (Wildman–Crippen LogP) is 6.66. The molecule has 0 spiro atoms. The zero-order chi connectivity index (χ0) is 37.8. The minimum Gasteiger partial charge on any atom is -0.459 e. The summed E-state index contributed by atoms with van der Waals surface area (Å²) >= 11 is 0.